The maximum absolute atomic E-state index is 6.62. The van der Waals surface area contributed by atoms with Crippen LogP contribution in [0.2, 0.25) is 5.15 Å². The summed E-state index contributed by atoms with van der Waals surface area (Å²) in [5.41, 5.74) is 12.2. The number of nitrogen functional groups attached to an aromatic ring is 1. The number of nitrogens with zero attached hydrogens (tertiary/aromatic N) is 6. The van der Waals surface area contributed by atoms with E-state index in [1.165, 1.54) is 19.3 Å². The van der Waals surface area contributed by atoms with Gasteiger partial charge in [-0.1, -0.05) is 18.5 Å². The molecule has 0 bridgehead atoms. The van der Waals surface area contributed by atoms with E-state index in [2.05, 4.69) is 58.8 Å². The van der Waals surface area contributed by atoms with Crippen LogP contribution in [-0.2, 0) is 0 Å². The highest BCUT2D eigenvalue weighted by atomic mass is 35.5. The fraction of sp³-hybridized carbons (Fsp3) is 0.320. The Bertz CT molecular complexity index is 1520. The first kappa shape index (κ1) is 21.8. The van der Waals surface area contributed by atoms with Crippen molar-refractivity contribution >= 4 is 45.3 Å². The first-order valence-electron chi connectivity index (χ1n) is 12.0. The molecule has 1 unspecified atom stereocenters. The van der Waals surface area contributed by atoms with Gasteiger partial charge >= 0.3 is 0 Å². The lowest BCUT2D eigenvalue weighted by molar-refractivity contribution is 0.577. The molecule has 0 aliphatic carbocycles. The summed E-state index contributed by atoms with van der Waals surface area (Å²) in [6.07, 6.45) is 11.8. The van der Waals surface area contributed by atoms with Crippen LogP contribution in [0.15, 0.2) is 37.1 Å². The van der Waals surface area contributed by atoms with Gasteiger partial charge in [0.15, 0.2) is 11.5 Å². The smallest absolute Gasteiger partial charge is 0.183 e. The third-order valence-electron chi connectivity index (χ3n) is 6.84. The number of H-pyrrole nitrogens is 2. The molecule has 1 aliphatic rings. The Balaban J connectivity index is 1.42. The Morgan fingerprint density at radius 1 is 1.06 bits per heavy atom. The van der Waals surface area contributed by atoms with E-state index in [4.69, 9.17) is 17.3 Å². The Labute approximate surface area is 207 Å². The molecule has 0 amide bonds. The molecule has 1 fully saturated rings. The van der Waals surface area contributed by atoms with E-state index in [0.717, 1.165) is 52.9 Å². The van der Waals surface area contributed by atoms with Gasteiger partial charge in [-0.3, -0.25) is 0 Å². The first-order chi connectivity index (χ1) is 17.1. The van der Waals surface area contributed by atoms with Gasteiger partial charge in [0, 0.05) is 53.5 Å². The molecule has 6 heterocycles. The molecule has 1 saturated heterocycles. The first-order valence-corrected chi connectivity index (χ1v) is 12.3. The largest absolute Gasteiger partial charge is 0.382 e. The molecule has 1 atom stereocenters. The number of nitrogens with two attached hydrogens (primary N) is 1. The highest BCUT2D eigenvalue weighted by Gasteiger charge is 2.23. The second-order valence-electron chi connectivity index (χ2n) is 8.97. The van der Waals surface area contributed by atoms with Crippen molar-refractivity contribution in [3.63, 3.8) is 0 Å². The van der Waals surface area contributed by atoms with Crippen LogP contribution in [-0.4, -0.2) is 48.0 Å². The highest BCUT2D eigenvalue weighted by Crippen LogP contribution is 2.36. The second kappa shape index (κ2) is 8.81. The lowest BCUT2D eigenvalue weighted by atomic mass is 9.94. The molecule has 35 heavy (non-hydrogen) atoms. The van der Waals surface area contributed by atoms with Crippen LogP contribution in [0.3, 0.4) is 0 Å². The minimum absolute atomic E-state index is 0.175. The average Bonchev–Trinajstić information content (AvgIpc) is 3.53. The van der Waals surface area contributed by atoms with Crippen LogP contribution < -0.4 is 10.6 Å². The second-order valence-corrected chi connectivity index (χ2v) is 9.33. The van der Waals surface area contributed by atoms with E-state index in [0.29, 0.717) is 28.0 Å². The van der Waals surface area contributed by atoms with Gasteiger partial charge in [-0.15, -0.1) is 0 Å². The van der Waals surface area contributed by atoms with Crippen LogP contribution >= 0.6 is 11.6 Å². The van der Waals surface area contributed by atoms with E-state index in [1.54, 1.807) is 12.5 Å². The Hall–Kier alpha value is -3.72. The molecule has 10 heteroatoms. The predicted octanol–water partition coefficient (Wildman–Crippen LogP) is 5.06. The van der Waals surface area contributed by atoms with Crippen molar-refractivity contribution in [3.05, 3.63) is 53.6 Å². The number of piperidine rings is 1. The maximum atomic E-state index is 6.62. The average molecular weight is 488 g/mol. The molecule has 6 rings (SSSR count). The van der Waals surface area contributed by atoms with Crippen molar-refractivity contribution in [3.8, 4) is 11.1 Å². The summed E-state index contributed by atoms with van der Waals surface area (Å²) in [6, 6.07) is 4.30. The van der Waals surface area contributed by atoms with E-state index in [9.17, 15) is 0 Å². The zero-order valence-electron chi connectivity index (χ0n) is 19.4. The van der Waals surface area contributed by atoms with Crippen molar-refractivity contribution in [2.75, 3.05) is 23.7 Å². The van der Waals surface area contributed by atoms with Gasteiger partial charge in [-0.25, -0.2) is 24.9 Å². The number of aromatic amines is 2. The third-order valence-corrected chi connectivity index (χ3v) is 7.16. The van der Waals surface area contributed by atoms with Crippen molar-refractivity contribution in [2.24, 2.45) is 0 Å². The topological polar surface area (TPSA) is 125 Å². The number of hydrogen-bond acceptors (Lipinski definition) is 7. The number of hydrogen-bond donors (Lipinski definition) is 3. The molecule has 9 nitrogen and oxygen atoms in total. The van der Waals surface area contributed by atoms with Crippen LogP contribution in [0.1, 0.15) is 49.9 Å². The molecule has 0 spiro atoms. The summed E-state index contributed by atoms with van der Waals surface area (Å²) >= 11 is 6.62. The molecule has 4 N–H and O–H groups in total. The van der Waals surface area contributed by atoms with E-state index >= 15 is 0 Å². The predicted molar refractivity (Wildman–Crippen MR) is 139 cm³/mol. The summed E-state index contributed by atoms with van der Waals surface area (Å²) in [5.74, 6) is 0.776. The number of fused-ring (bicyclic) bond motifs is 2. The van der Waals surface area contributed by atoms with Crippen molar-refractivity contribution < 1.29 is 0 Å². The number of nitrogens with one attached hydrogen (secondary N) is 2. The summed E-state index contributed by atoms with van der Waals surface area (Å²) in [4.78, 5) is 31.4. The Morgan fingerprint density at radius 3 is 2.74 bits per heavy atom. The normalized spacial score (nSPS) is 15.2. The van der Waals surface area contributed by atoms with Gasteiger partial charge in [0.1, 0.15) is 22.1 Å². The van der Waals surface area contributed by atoms with Crippen LogP contribution in [0.4, 0.5) is 11.5 Å². The maximum Gasteiger partial charge on any atom is 0.183 e. The zero-order valence-corrected chi connectivity index (χ0v) is 20.2. The van der Waals surface area contributed by atoms with Gasteiger partial charge < -0.3 is 20.6 Å². The van der Waals surface area contributed by atoms with E-state index in [1.807, 2.05) is 12.4 Å². The van der Waals surface area contributed by atoms with Crippen LogP contribution in [0, 0.1) is 0 Å². The SMILES string of the molecule is CCC(c1nc(N)c2[nH]cnc2n1)c1cc(-c2c[nH]c3ncc(N4CCCCC4)cc23)cnc1Cl. The molecule has 5 aromatic rings. The molecule has 178 valence electrons. The van der Waals surface area contributed by atoms with Gasteiger partial charge in [0.05, 0.1) is 18.2 Å². The van der Waals surface area contributed by atoms with Crippen LogP contribution in [0.5, 0.6) is 0 Å². The summed E-state index contributed by atoms with van der Waals surface area (Å²) in [5, 5.41) is 1.49. The van der Waals surface area contributed by atoms with Gasteiger partial charge in [-0.05, 0) is 37.8 Å². The number of pyridine rings is 2. The summed E-state index contributed by atoms with van der Waals surface area (Å²) in [7, 11) is 0. The monoisotopic (exact) mass is 487 g/mol. The fourth-order valence-corrected chi connectivity index (χ4v) is 5.22. The molecule has 0 radical (unpaired) electrons. The molecule has 0 aromatic carbocycles. The van der Waals surface area contributed by atoms with Crippen molar-refractivity contribution in [1.29, 1.82) is 0 Å². The minimum atomic E-state index is -0.175. The zero-order chi connectivity index (χ0) is 23.9. The number of imidazole rings is 1. The Morgan fingerprint density at radius 2 is 1.91 bits per heavy atom. The van der Waals surface area contributed by atoms with Gasteiger partial charge in [-0.2, -0.15) is 0 Å². The van der Waals surface area contributed by atoms with Crippen molar-refractivity contribution in [1.82, 2.24) is 34.9 Å². The molecule has 1 aliphatic heterocycles. The number of halogens is 1. The molecular weight excluding hydrogens is 462 g/mol. The van der Waals surface area contributed by atoms with Gasteiger partial charge in [0.25, 0.3) is 0 Å². The fourth-order valence-electron chi connectivity index (χ4n) is 4.98. The number of anilines is 2. The lowest BCUT2D eigenvalue weighted by Crippen LogP contribution is -2.29. The highest BCUT2D eigenvalue weighted by molar-refractivity contribution is 6.30. The number of aromatic nitrogens is 7. The molecular formula is C25H26ClN9. The van der Waals surface area contributed by atoms with Crippen LogP contribution in [0.25, 0.3) is 33.3 Å². The Kier molecular flexibility index (Phi) is 5.49. The molecule has 5 aromatic heterocycles. The third kappa shape index (κ3) is 3.85. The molecule has 0 saturated carbocycles. The van der Waals surface area contributed by atoms with E-state index in [-0.39, 0.29) is 5.92 Å². The van der Waals surface area contributed by atoms with E-state index < -0.39 is 0 Å². The summed E-state index contributed by atoms with van der Waals surface area (Å²) in [6.45, 7) is 4.21. The van der Waals surface area contributed by atoms with Gasteiger partial charge in [0.2, 0.25) is 0 Å². The minimum Gasteiger partial charge on any atom is -0.382 e. The quantitative estimate of drug-likeness (QED) is 0.296. The number of rotatable bonds is 5. The standard InChI is InChI=1S/C25H26ClN9/c1-2-16(24-33-22(27)20-25(34-24)32-13-31-20)17-8-14(10-28-21(17)26)19-12-30-23-18(19)9-15(11-29-23)35-6-4-3-5-7-35/h8-13,16H,2-7H2,1H3,(H,29,30)(H3,27,31,32,33,34). The lowest BCUT2D eigenvalue weighted by Gasteiger charge is -2.28. The summed E-state index contributed by atoms with van der Waals surface area (Å²) < 4.78 is 0. The van der Waals surface area contributed by atoms with Crippen molar-refractivity contribution in [2.45, 2.75) is 38.5 Å².